The molecule has 3 rings (SSSR count). The summed E-state index contributed by atoms with van der Waals surface area (Å²) in [4.78, 5) is 17.0. The van der Waals surface area contributed by atoms with Crippen LogP contribution in [0, 0.1) is 0 Å². The number of nitrogens with zero attached hydrogens (tertiary/aromatic N) is 1. The first-order valence-electron chi connectivity index (χ1n) is 8.62. The van der Waals surface area contributed by atoms with Crippen LogP contribution in [-0.4, -0.2) is 16.9 Å². The van der Waals surface area contributed by atoms with E-state index in [0.29, 0.717) is 6.04 Å². The third kappa shape index (κ3) is 4.20. The van der Waals surface area contributed by atoms with Crippen molar-refractivity contribution in [3.8, 4) is 11.3 Å². The molecule has 0 saturated heterocycles. The summed E-state index contributed by atoms with van der Waals surface area (Å²) >= 11 is 1.69. The number of rotatable bonds is 4. The van der Waals surface area contributed by atoms with Crippen LogP contribution in [0.4, 0.5) is 0 Å². The minimum atomic E-state index is 0.0518. The molecular weight excluding hydrogens is 304 g/mol. The number of amides is 1. The lowest BCUT2D eigenvalue weighted by Crippen LogP contribution is -2.34. The lowest BCUT2D eigenvalue weighted by atomic mass is 10.1. The molecule has 0 atom stereocenters. The SMILES string of the molecule is CCc1nc(-c2ccc(C(=O)NC3CCCCCC3)cc2)cs1. The second-order valence-corrected chi connectivity index (χ2v) is 7.16. The molecule has 0 spiro atoms. The molecule has 1 heterocycles. The summed E-state index contributed by atoms with van der Waals surface area (Å²) in [6, 6.07) is 8.15. The Labute approximate surface area is 142 Å². The van der Waals surface area contributed by atoms with Gasteiger partial charge in [0.25, 0.3) is 5.91 Å². The normalized spacial score (nSPS) is 16.0. The fourth-order valence-electron chi connectivity index (χ4n) is 3.09. The molecule has 1 aromatic carbocycles. The maximum Gasteiger partial charge on any atom is 0.251 e. The molecule has 1 fully saturated rings. The summed E-state index contributed by atoms with van der Waals surface area (Å²) in [5.41, 5.74) is 2.82. The van der Waals surface area contributed by atoms with Crippen LogP contribution in [0.25, 0.3) is 11.3 Å². The first kappa shape index (κ1) is 16.2. The summed E-state index contributed by atoms with van der Waals surface area (Å²) < 4.78 is 0. The summed E-state index contributed by atoms with van der Waals surface area (Å²) in [6.45, 7) is 2.11. The van der Waals surface area contributed by atoms with Crippen LogP contribution >= 0.6 is 11.3 Å². The molecule has 0 aliphatic heterocycles. The summed E-state index contributed by atoms with van der Waals surface area (Å²) in [6.07, 6.45) is 8.25. The molecule has 3 nitrogen and oxygen atoms in total. The third-order valence-corrected chi connectivity index (χ3v) is 5.48. The van der Waals surface area contributed by atoms with Crippen molar-refractivity contribution in [1.29, 1.82) is 0 Å². The van der Waals surface area contributed by atoms with Crippen LogP contribution in [-0.2, 0) is 6.42 Å². The Morgan fingerprint density at radius 3 is 2.48 bits per heavy atom. The van der Waals surface area contributed by atoms with E-state index in [2.05, 4.69) is 22.6 Å². The predicted octanol–water partition coefficient (Wildman–Crippen LogP) is 4.83. The van der Waals surface area contributed by atoms with Crippen molar-refractivity contribution in [1.82, 2.24) is 10.3 Å². The van der Waals surface area contributed by atoms with Gasteiger partial charge in [-0.25, -0.2) is 4.98 Å². The van der Waals surface area contributed by atoms with E-state index in [-0.39, 0.29) is 5.91 Å². The highest BCUT2D eigenvalue weighted by Gasteiger charge is 2.15. The first-order chi connectivity index (χ1) is 11.3. The molecule has 0 bridgehead atoms. The van der Waals surface area contributed by atoms with E-state index in [9.17, 15) is 4.79 Å². The average Bonchev–Trinajstić information content (AvgIpc) is 2.93. The number of carbonyl (C=O) groups excluding carboxylic acids is 1. The Morgan fingerprint density at radius 2 is 1.87 bits per heavy atom. The molecule has 1 N–H and O–H groups in total. The van der Waals surface area contributed by atoms with E-state index >= 15 is 0 Å². The van der Waals surface area contributed by atoms with E-state index in [1.54, 1.807) is 11.3 Å². The average molecular weight is 328 g/mol. The van der Waals surface area contributed by atoms with Crippen molar-refractivity contribution in [2.75, 3.05) is 0 Å². The van der Waals surface area contributed by atoms with Gasteiger partial charge >= 0.3 is 0 Å². The molecule has 2 aromatic rings. The number of aromatic nitrogens is 1. The van der Waals surface area contributed by atoms with Crippen molar-refractivity contribution >= 4 is 17.2 Å². The van der Waals surface area contributed by atoms with Crippen LogP contribution in [0.15, 0.2) is 29.6 Å². The zero-order valence-corrected chi connectivity index (χ0v) is 14.5. The monoisotopic (exact) mass is 328 g/mol. The minimum absolute atomic E-state index is 0.0518. The van der Waals surface area contributed by atoms with E-state index in [1.807, 2.05) is 24.3 Å². The quantitative estimate of drug-likeness (QED) is 0.817. The summed E-state index contributed by atoms with van der Waals surface area (Å²) in [7, 11) is 0. The topological polar surface area (TPSA) is 42.0 Å². The van der Waals surface area contributed by atoms with E-state index in [4.69, 9.17) is 0 Å². The number of thiazole rings is 1. The fourth-order valence-corrected chi connectivity index (χ4v) is 3.84. The Bertz CT molecular complexity index is 640. The van der Waals surface area contributed by atoms with Crippen LogP contribution in [0.5, 0.6) is 0 Å². The number of carbonyl (C=O) groups is 1. The van der Waals surface area contributed by atoms with Crippen LogP contribution in [0.1, 0.15) is 60.8 Å². The lowest BCUT2D eigenvalue weighted by Gasteiger charge is -2.16. The molecule has 1 amide bonds. The number of benzene rings is 1. The minimum Gasteiger partial charge on any atom is -0.349 e. The Hall–Kier alpha value is -1.68. The van der Waals surface area contributed by atoms with Gasteiger partial charge in [-0.1, -0.05) is 44.7 Å². The van der Waals surface area contributed by atoms with Gasteiger partial charge in [0.1, 0.15) is 0 Å². The van der Waals surface area contributed by atoms with Crippen LogP contribution < -0.4 is 5.32 Å². The maximum absolute atomic E-state index is 12.4. The zero-order valence-electron chi connectivity index (χ0n) is 13.7. The van der Waals surface area contributed by atoms with Gasteiger partial charge in [0.05, 0.1) is 10.7 Å². The highest BCUT2D eigenvalue weighted by atomic mass is 32.1. The smallest absolute Gasteiger partial charge is 0.251 e. The first-order valence-corrected chi connectivity index (χ1v) is 9.50. The number of hydrogen-bond donors (Lipinski definition) is 1. The Morgan fingerprint density at radius 1 is 1.17 bits per heavy atom. The van der Waals surface area contributed by atoms with Crippen LogP contribution in [0.3, 0.4) is 0 Å². The number of hydrogen-bond acceptors (Lipinski definition) is 3. The highest BCUT2D eigenvalue weighted by molar-refractivity contribution is 7.09. The van der Waals surface area contributed by atoms with E-state index < -0.39 is 0 Å². The van der Waals surface area contributed by atoms with Crippen molar-refractivity contribution in [3.05, 3.63) is 40.2 Å². The summed E-state index contributed by atoms with van der Waals surface area (Å²) in [5, 5.41) is 6.43. The van der Waals surface area contributed by atoms with Crippen molar-refractivity contribution in [3.63, 3.8) is 0 Å². The van der Waals surface area contributed by atoms with Gasteiger partial charge in [-0.15, -0.1) is 11.3 Å². The molecule has 23 heavy (non-hydrogen) atoms. The second-order valence-electron chi connectivity index (χ2n) is 6.22. The van der Waals surface area contributed by atoms with Crippen LogP contribution in [0.2, 0.25) is 0 Å². The zero-order chi connectivity index (χ0) is 16.1. The third-order valence-electron chi connectivity index (χ3n) is 4.49. The van der Waals surface area contributed by atoms with Gasteiger partial charge in [-0.2, -0.15) is 0 Å². The molecule has 4 heteroatoms. The fraction of sp³-hybridized carbons (Fsp3) is 0.474. The van der Waals surface area contributed by atoms with Crippen molar-refractivity contribution in [2.45, 2.75) is 57.9 Å². The Balaban J connectivity index is 1.65. The van der Waals surface area contributed by atoms with Crippen molar-refractivity contribution < 1.29 is 4.79 Å². The highest BCUT2D eigenvalue weighted by Crippen LogP contribution is 2.23. The van der Waals surface area contributed by atoms with E-state index in [0.717, 1.165) is 41.1 Å². The van der Waals surface area contributed by atoms with Gasteiger partial charge in [0.2, 0.25) is 0 Å². The summed E-state index contributed by atoms with van der Waals surface area (Å²) in [5.74, 6) is 0.0518. The standard InChI is InChI=1S/C19H24N2OS/c1-2-18-21-17(13-23-18)14-9-11-15(12-10-14)19(22)20-16-7-5-3-4-6-8-16/h9-13,16H,2-8H2,1H3,(H,20,22). The van der Waals surface area contributed by atoms with Crippen molar-refractivity contribution in [2.24, 2.45) is 0 Å². The lowest BCUT2D eigenvalue weighted by molar-refractivity contribution is 0.0933. The molecule has 122 valence electrons. The molecule has 1 aliphatic rings. The largest absolute Gasteiger partial charge is 0.349 e. The van der Waals surface area contributed by atoms with E-state index in [1.165, 1.54) is 25.7 Å². The van der Waals surface area contributed by atoms with Gasteiger partial charge in [0, 0.05) is 22.5 Å². The number of nitrogens with one attached hydrogen (secondary N) is 1. The second kappa shape index (κ2) is 7.73. The number of aryl methyl sites for hydroxylation is 1. The molecule has 1 aliphatic carbocycles. The molecular formula is C19H24N2OS. The molecule has 1 aromatic heterocycles. The van der Waals surface area contributed by atoms with Gasteiger partial charge in [-0.3, -0.25) is 4.79 Å². The molecule has 1 saturated carbocycles. The van der Waals surface area contributed by atoms with Gasteiger partial charge in [0.15, 0.2) is 0 Å². The molecule has 0 unspecified atom stereocenters. The predicted molar refractivity (Wildman–Crippen MR) is 95.9 cm³/mol. The van der Waals surface area contributed by atoms with Gasteiger partial charge < -0.3 is 5.32 Å². The van der Waals surface area contributed by atoms with Gasteiger partial charge in [-0.05, 0) is 31.4 Å². The Kier molecular flexibility index (Phi) is 5.44. The maximum atomic E-state index is 12.4. The molecule has 0 radical (unpaired) electrons.